The molecule has 1 atom stereocenters. The lowest BCUT2D eigenvalue weighted by Crippen LogP contribution is -2.22. The van der Waals surface area contributed by atoms with Crippen molar-refractivity contribution in [3.63, 3.8) is 0 Å². The number of carbonyl (C=O) groups excluding carboxylic acids is 1. The summed E-state index contributed by atoms with van der Waals surface area (Å²) in [5, 5.41) is 22.6. The van der Waals surface area contributed by atoms with Gasteiger partial charge in [0.2, 0.25) is 11.1 Å². The maximum absolute atomic E-state index is 12.4. The van der Waals surface area contributed by atoms with E-state index in [2.05, 4.69) is 25.5 Å². The van der Waals surface area contributed by atoms with Crippen molar-refractivity contribution >= 4 is 51.1 Å². The zero-order chi connectivity index (χ0) is 19.7. The largest absolute Gasteiger partial charge is 0.338 e. The minimum Gasteiger partial charge on any atom is -0.338 e. The van der Waals surface area contributed by atoms with Gasteiger partial charge in [-0.1, -0.05) is 30.0 Å². The minimum atomic E-state index is -0.491. The Morgan fingerprint density at radius 1 is 1.18 bits per heavy atom. The summed E-state index contributed by atoms with van der Waals surface area (Å²) >= 11 is 1.18. The summed E-state index contributed by atoms with van der Waals surface area (Å²) in [5.41, 5.74) is 2.66. The lowest BCUT2D eigenvalue weighted by Gasteiger charge is -2.10. The number of H-pyrrole nitrogens is 1. The van der Waals surface area contributed by atoms with E-state index in [4.69, 9.17) is 0 Å². The first-order chi connectivity index (χ1) is 13.5. The SMILES string of the molecule is CC(Sc1nnc2c(n1)[nH]c1ccccc12)C(=O)Nc1ccc([N+](=O)[O-])cc1. The van der Waals surface area contributed by atoms with E-state index in [1.165, 1.54) is 36.0 Å². The van der Waals surface area contributed by atoms with Gasteiger partial charge in [0.15, 0.2) is 5.65 Å². The van der Waals surface area contributed by atoms with E-state index in [-0.39, 0.29) is 11.6 Å². The molecule has 0 aliphatic rings. The second-order valence-corrected chi connectivity index (χ2v) is 7.32. The van der Waals surface area contributed by atoms with Gasteiger partial charge >= 0.3 is 0 Å². The number of anilines is 1. The monoisotopic (exact) mass is 394 g/mol. The number of aromatic amines is 1. The molecule has 4 aromatic rings. The first kappa shape index (κ1) is 17.9. The van der Waals surface area contributed by atoms with Crippen LogP contribution in [0.4, 0.5) is 11.4 Å². The quantitative estimate of drug-likeness (QED) is 0.301. The number of amides is 1. The van der Waals surface area contributed by atoms with Gasteiger partial charge < -0.3 is 10.3 Å². The van der Waals surface area contributed by atoms with Crippen LogP contribution in [-0.4, -0.2) is 36.2 Å². The Bertz CT molecular complexity index is 1190. The molecule has 0 saturated carbocycles. The summed E-state index contributed by atoms with van der Waals surface area (Å²) in [6.45, 7) is 1.73. The summed E-state index contributed by atoms with van der Waals surface area (Å²) in [5.74, 6) is -0.265. The second kappa shape index (κ2) is 7.24. The third kappa shape index (κ3) is 3.49. The van der Waals surface area contributed by atoms with Crippen molar-refractivity contribution in [2.24, 2.45) is 0 Å². The van der Waals surface area contributed by atoms with Gasteiger partial charge in [-0.15, -0.1) is 10.2 Å². The molecule has 0 bridgehead atoms. The Hall–Kier alpha value is -3.53. The Balaban J connectivity index is 1.47. The van der Waals surface area contributed by atoms with E-state index in [1.807, 2.05) is 24.3 Å². The first-order valence-electron chi connectivity index (χ1n) is 8.34. The number of nitro benzene ring substituents is 1. The number of fused-ring (bicyclic) bond motifs is 3. The van der Waals surface area contributed by atoms with Crippen molar-refractivity contribution in [3.8, 4) is 0 Å². The molecule has 1 unspecified atom stereocenters. The molecule has 0 aliphatic heterocycles. The number of non-ortho nitro benzene ring substituents is 1. The molecule has 0 spiro atoms. The molecule has 2 N–H and O–H groups in total. The van der Waals surface area contributed by atoms with Gasteiger partial charge in [0.25, 0.3) is 5.69 Å². The third-order valence-electron chi connectivity index (χ3n) is 4.10. The molecular weight excluding hydrogens is 380 g/mol. The molecule has 28 heavy (non-hydrogen) atoms. The maximum Gasteiger partial charge on any atom is 0.269 e. The highest BCUT2D eigenvalue weighted by molar-refractivity contribution is 8.00. The van der Waals surface area contributed by atoms with Crippen LogP contribution in [0.1, 0.15) is 6.92 Å². The fraction of sp³-hybridized carbons (Fsp3) is 0.111. The predicted molar refractivity (Wildman–Crippen MR) is 106 cm³/mol. The molecule has 0 saturated heterocycles. The van der Waals surface area contributed by atoms with Gasteiger partial charge in [-0.3, -0.25) is 14.9 Å². The normalized spacial score (nSPS) is 12.2. The molecule has 4 rings (SSSR count). The molecule has 0 radical (unpaired) electrons. The van der Waals surface area contributed by atoms with Crippen LogP contribution in [0, 0.1) is 10.1 Å². The van der Waals surface area contributed by atoms with E-state index in [9.17, 15) is 14.9 Å². The van der Waals surface area contributed by atoms with E-state index in [1.54, 1.807) is 6.92 Å². The summed E-state index contributed by atoms with van der Waals surface area (Å²) in [4.78, 5) is 30.2. The van der Waals surface area contributed by atoms with E-state index in [0.29, 0.717) is 22.0 Å². The highest BCUT2D eigenvalue weighted by Crippen LogP contribution is 2.25. The van der Waals surface area contributed by atoms with Gasteiger partial charge in [-0.25, -0.2) is 4.98 Å². The summed E-state index contributed by atoms with van der Waals surface area (Å²) in [6, 6.07) is 13.4. The Labute approximate surface area is 162 Å². The molecule has 10 heteroatoms. The fourth-order valence-electron chi connectivity index (χ4n) is 2.68. The third-order valence-corrected chi connectivity index (χ3v) is 5.05. The number of nitrogens with zero attached hydrogens (tertiary/aromatic N) is 4. The van der Waals surface area contributed by atoms with Gasteiger partial charge in [0, 0.05) is 28.7 Å². The Morgan fingerprint density at radius 3 is 2.68 bits per heavy atom. The fourth-order valence-corrected chi connectivity index (χ4v) is 3.39. The summed E-state index contributed by atoms with van der Waals surface area (Å²) in [7, 11) is 0. The number of nitrogens with one attached hydrogen (secondary N) is 2. The van der Waals surface area contributed by atoms with Crippen LogP contribution < -0.4 is 5.32 Å². The molecule has 2 heterocycles. The zero-order valence-electron chi connectivity index (χ0n) is 14.6. The van der Waals surface area contributed by atoms with E-state index in [0.717, 1.165) is 10.9 Å². The topological polar surface area (TPSA) is 127 Å². The number of hydrogen-bond acceptors (Lipinski definition) is 7. The number of benzene rings is 2. The molecule has 2 aromatic carbocycles. The van der Waals surface area contributed by atoms with Crippen LogP contribution in [0.25, 0.3) is 22.1 Å². The summed E-state index contributed by atoms with van der Waals surface area (Å²) in [6.07, 6.45) is 0. The number of carbonyl (C=O) groups is 1. The van der Waals surface area contributed by atoms with Crippen molar-refractivity contribution in [2.45, 2.75) is 17.3 Å². The number of para-hydroxylation sites is 1. The molecular formula is C18H14N6O3S. The standard InChI is InChI=1S/C18H14N6O3S/c1-10(17(25)19-11-6-8-12(9-7-11)24(26)27)28-18-21-16-15(22-23-18)13-4-2-3-5-14(13)20-16/h2-10H,1H3,(H,19,25)(H,20,21,23). The molecule has 0 aliphatic carbocycles. The Kier molecular flexibility index (Phi) is 4.62. The average molecular weight is 394 g/mol. The molecule has 0 fully saturated rings. The van der Waals surface area contributed by atoms with Crippen LogP contribution in [0.2, 0.25) is 0 Å². The Morgan fingerprint density at radius 2 is 1.93 bits per heavy atom. The average Bonchev–Trinajstić information content (AvgIpc) is 3.06. The molecule has 9 nitrogen and oxygen atoms in total. The van der Waals surface area contributed by atoms with Crippen molar-refractivity contribution in [1.29, 1.82) is 0 Å². The highest BCUT2D eigenvalue weighted by Gasteiger charge is 2.18. The number of hydrogen-bond donors (Lipinski definition) is 2. The van der Waals surface area contributed by atoms with Crippen LogP contribution in [0.3, 0.4) is 0 Å². The first-order valence-corrected chi connectivity index (χ1v) is 9.22. The van der Waals surface area contributed by atoms with Crippen molar-refractivity contribution in [3.05, 3.63) is 58.6 Å². The lowest BCUT2D eigenvalue weighted by atomic mass is 10.2. The van der Waals surface area contributed by atoms with Crippen LogP contribution in [0.15, 0.2) is 53.7 Å². The van der Waals surface area contributed by atoms with Crippen LogP contribution >= 0.6 is 11.8 Å². The van der Waals surface area contributed by atoms with Gasteiger partial charge in [0.05, 0.1) is 10.2 Å². The number of nitro groups is 1. The van der Waals surface area contributed by atoms with Crippen molar-refractivity contribution in [1.82, 2.24) is 20.2 Å². The molecule has 140 valence electrons. The van der Waals surface area contributed by atoms with Gasteiger partial charge in [-0.2, -0.15) is 0 Å². The summed E-state index contributed by atoms with van der Waals surface area (Å²) < 4.78 is 0. The second-order valence-electron chi connectivity index (χ2n) is 6.02. The molecule has 2 aromatic heterocycles. The minimum absolute atomic E-state index is 0.0356. The predicted octanol–water partition coefficient (Wildman–Crippen LogP) is 3.53. The number of thioether (sulfide) groups is 1. The number of rotatable bonds is 5. The van der Waals surface area contributed by atoms with E-state index >= 15 is 0 Å². The highest BCUT2D eigenvalue weighted by atomic mass is 32.2. The van der Waals surface area contributed by atoms with E-state index < -0.39 is 10.2 Å². The van der Waals surface area contributed by atoms with Crippen molar-refractivity contribution < 1.29 is 9.72 Å². The number of aromatic nitrogens is 4. The maximum atomic E-state index is 12.4. The van der Waals surface area contributed by atoms with Gasteiger partial charge in [0.1, 0.15) is 5.52 Å². The van der Waals surface area contributed by atoms with Gasteiger partial charge in [-0.05, 0) is 25.1 Å². The van der Waals surface area contributed by atoms with Crippen molar-refractivity contribution in [2.75, 3.05) is 5.32 Å². The van der Waals surface area contributed by atoms with Crippen LogP contribution in [0.5, 0.6) is 0 Å². The smallest absolute Gasteiger partial charge is 0.269 e. The molecule has 1 amide bonds. The zero-order valence-corrected chi connectivity index (χ0v) is 15.4. The van der Waals surface area contributed by atoms with Crippen LogP contribution in [-0.2, 0) is 4.79 Å². The lowest BCUT2D eigenvalue weighted by molar-refractivity contribution is -0.384.